The van der Waals surface area contributed by atoms with E-state index in [9.17, 15) is 5.26 Å². The van der Waals surface area contributed by atoms with Gasteiger partial charge in [-0.1, -0.05) is 63.2 Å². The van der Waals surface area contributed by atoms with Crippen LogP contribution in [0.15, 0.2) is 53.6 Å². The van der Waals surface area contributed by atoms with Crippen LogP contribution in [0.1, 0.15) is 43.0 Å². The third-order valence-electron chi connectivity index (χ3n) is 4.43. The van der Waals surface area contributed by atoms with E-state index in [0.717, 1.165) is 27.2 Å². The van der Waals surface area contributed by atoms with Gasteiger partial charge in [0.15, 0.2) is 0 Å². The Morgan fingerprint density at radius 3 is 2.36 bits per heavy atom. The van der Waals surface area contributed by atoms with Crippen LogP contribution in [-0.2, 0) is 11.2 Å². The van der Waals surface area contributed by atoms with E-state index in [4.69, 9.17) is 4.98 Å². The summed E-state index contributed by atoms with van der Waals surface area (Å²) in [6, 6.07) is 19.1. The van der Waals surface area contributed by atoms with Gasteiger partial charge in [0, 0.05) is 11.1 Å². The highest BCUT2D eigenvalue weighted by Crippen LogP contribution is 2.31. The van der Waals surface area contributed by atoms with E-state index in [1.165, 1.54) is 11.1 Å². The number of nitriles is 1. The zero-order valence-electron chi connectivity index (χ0n) is 15.1. The molecule has 0 aliphatic carbocycles. The number of hydrogen-bond acceptors (Lipinski definition) is 3. The molecule has 0 bridgehead atoms. The molecule has 0 saturated heterocycles. The number of benzene rings is 2. The number of rotatable bonds is 3. The molecule has 0 radical (unpaired) electrons. The van der Waals surface area contributed by atoms with Crippen molar-refractivity contribution < 1.29 is 0 Å². The number of para-hydroxylation sites is 1. The SMILES string of the molecule is Cc1c(C#N)c(SCc2ccc(C(C)(C)C)cc2)nc2ccccc12. The molecule has 2 nitrogen and oxygen atoms in total. The average molecular weight is 346 g/mol. The first-order valence-corrected chi connectivity index (χ1v) is 9.40. The summed E-state index contributed by atoms with van der Waals surface area (Å²) >= 11 is 1.63. The Balaban J connectivity index is 1.87. The normalized spacial score (nSPS) is 11.5. The number of hydrogen-bond donors (Lipinski definition) is 0. The minimum absolute atomic E-state index is 0.163. The van der Waals surface area contributed by atoms with Crippen molar-refractivity contribution in [1.82, 2.24) is 4.98 Å². The first kappa shape index (κ1) is 17.5. The van der Waals surface area contributed by atoms with E-state index in [0.29, 0.717) is 5.56 Å². The fourth-order valence-electron chi connectivity index (χ4n) is 2.84. The van der Waals surface area contributed by atoms with Gasteiger partial charge >= 0.3 is 0 Å². The quantitative estimate of drug-likeness (QED) is 0.545. The average Bonchev–Trinajstić information content (AvgIpc) is 2.60. The van der Waals surface area contributed by atoms with Gasteiger partial charge in [-0.05, 0) is 35.1 Å². The van der Waals surface area contributed by atoms with Gasteiger partial charge in [0.25, 0.3) is 0 Å². The molecule has 0 fully saturated rings. The summed E-state index contributed by atoms with van der Waals surface area (Å²) in [5.74, 6) is 0.809. The van der Waals surface area contributed by atoms with Crippen molar-refractivity contribution in [2.24, 2.45) is 0 Å². The summed E-state index contributed by atoms with van der Waals surface area (Å²) < 4.78 is 0. The van der Waals surface area contributed by atoms with Crippen molar-refractivity contribution in [3.05, 3.63) is 70.8 Å². The van der Waals surface area contributed by atoms with Gasteiger partial charge in [-0.3, -0.25) is 0 Å². The second-order valence-electron chi connectivity index (χ2n) is 7.28. The molecule has 1 heterocycles. The van der Waals surface area contributed by atoms with Gasteiger partial charge in [0.1, 0.15) is 11.1 Å². The summed E-state index contributed by atoms with van der Waals surface area (Å²) in [6.45, 7) is 8.66. The largest absolute Gasteiger partial charge is 0.240 e. The first-order chi connectivity index (χ1) is 11.9. The van der Waals surface area contributed by atoms with E-state index in [1.54, 1.807) is 11.8 Å². The molecule has 0 unspecified atom stereocenters. The maximum atomic E-state index is 9.58. The van der Waals surface area contributed by atoms with E-state index in [2.05, 4.69) is 51.1 Å². The first-order valence-electron chi connectivity index (χ1n) is 8.42. The zero-order chi connectivity index (χ0) is 18.0. The maximum absolute atomic E-state index is 9.58. The summed E-state index contributed by atoms with van der Waals surface area (Å²) in [6.07, 6.45) is 0. The van der Waals surface area contributed by atoms with Crippen LogP contribution in [0, 0.1) is 18.3 Å². The lowest BCUT2D eigenvalue weighted by atomic mass is 9.87. The molecule has 0 spiro atoms. The lowest BCUT2D eigenvalue weighted by molar-refractivity contribution is 0.590. The van der Waals surface area contributed by atoms with E-state index >= 15 is 0 Å². The molecular weight excluding hydrogens is 324 g/mol. The fourth-order valence-corrected chi connectivity index (χ4v) is 3.84. The van der Waals surface area contributed by atoms with Gasteiger partial charge in [-0.2, -0.15) is 5.26 Å². The van der Waals surface area contributed by atoms with Gasteiger partial charge in [-0.15, -0.1) is 11.8 Å². The minimum atomic E-state index is 0.163. The molecule has 0 atom stereocenters. The monoisotopic (exact) mass is 346 g/mol. The fraction of sp³-hybridized carbons (Fsp3) is 0.273. The highest BCUT2D eigenvalue weighted by Gasteiger charge is 2.14. The van der Waals surface area contributed by atoms with Gasteiger partial charge in [0.2, 0.25) is 0 Å². The summed E-state index contributed by atoms with van der Waals surface area (Å²) in [7, 11) is 0. The number of thioether (sulfide) groups is 1. The molecule has 0 saturated carbocycles. The summed E-state index contributed by atoms with van der Waals surface area (Å²) in [5.41, 5.74) is 5.39. The summed E-state index contributed by atoms with van der Waals surface area (Å²) in [5, 5.41) is 11.5. The molecule has 0 aliphatic heterocycles. The van der Waals surface area contributed by atoms with Crippen molar-refractivity contribution in [3.8, 4) is 6.07 Å². The van der Waals surface area contributed by atoms with E-state index in [1.807, 2.05) is 31.2 Å². The number of aromatic nitrogens is 1. The lowest BCUT2D eigenvalue weighted by Gasteiger charge is -2.19. The standard InChI is InChI=1S/C22H22N2S/c1-15-18-7-5-6-8-20(18)24-21(19(15)13-23)25-14-16-9-11-17(12-10-16)22(2,3)4/h5-12H,14H2,1-4H3. The van der Waals surface area contributed by atoms with E-state index < -0.39 is 0 Å². The molecule has 2 aromatic carbocycles. The Morgan fingerprint density at radius 2 is 1.72 bits per heavy atom. The number of pyridine rings is 1. The number of nitrogens with zero attached hydrogens (tertiary/aromatic N) is 2. The van der Waals surface area contributed by atoms with Crippen LogP contribution in [0.2, 0.25) is 0 Å². The third kappa shape index (κ3) is 3.70. The van der Waals surface area contributed by atoms with Crippen molar-refractivity contribution >= 4 is 22.7 Å². The lowest BCUT2D eigenvalue weighted by Crippen LogP contribution is -2.10. The van der Waals surface area contributed by atoms with Crippen LogP contribution in [0.25, 0.3) is 10.9 Å². The van der Waals surface area contributed by atoms with Gasteiger partial charge in [-0.25, -0.2) is 4.98 Å². The second-order valence-corrected chi connectivity index (χ2v) is 8.25. The van der Waals surface area contributed by atoms with Crippen LogP contribution in [0.3, 0.4) is 0 Å². The van der Waals surface area contributed by atoms with Crippen molar-refractivity contribution in [2.45, 2.75) is 43.9 Å². The highest BCUT2D eigenvalue weighted by molar-refractivity contribution is 7.98. The molecule has 0 amide bonds. The molecule has 3 aromatic rings. The number of aryl methyl sites for hydroxylation is 1. The Morgan fingerprint density at radius 1 is 1.04 bits per heavy atom. The predicted molar refractivity (Wildman–Crippen MR) is 106 cm³/mol. The number of fused-ring (bicyclic) bond motifs is 1. The summed E-state index contributed by atoms with van der Waals surface area (Å²) in [4.78, 5) is 4.72. The molecule has 3 rings (SSSR count). The van der Waals surface area contributed by atoms with Crippen LogP contribution < -0.4 is 0 Å². The topological polar surface area (TPSA) is 36.7 Å². The van der Waals surface area contributed by atoms with Gasteiger partial charge in [0.05, 0.1) is 11.1 Å². The Kier molecular flexibility index (Phi) is 4.83. The maximum Gasteiger partial charge on any atom is 0.115 e. The van der Waals surface area contributed by atoms with Crippen molar-refractivity contribution in [1.29, 1.82) is 5.26 Å². The molecule has 25 heavy (non-hydrogen) atoms. The predicted octanol–water partition coefficient (Wildman–Crippen LogP) is 6.00. The molecule has 126 valence electrons. The molecular formula is C22H22N2S. The Hall–Kier alpha value is -2.31. The van der Waals surface area contributed by atoms with Crippen LogP contribution in [0.5, 0.6) is 0 Å². The molecule has 0 aliphatic rings. The van der Waals surface area contributed by atoms with Crippen LogP contribution in [0.4, 0.5) is 0 Å². The van der Waals surface area contributed by atoms with Crippen LogP contribution in [-0.4, -0.2) is 4.98 Å². The van der Waals surface area contributed by atoms with Gasteiger partial charge < -0.3 is 0 Å². The Bertz CT molecular complexity index is 945. The zero-order valence-corrected chi connectivity index (χ0v) is 15.9. The third-order valence-corrected chi connectivity index (χ3v) is 5.47. The van der Waals surface area contributed by atoms with E-state index in [-0.39, 0.29) is 5.41 Å². The minimum Gasteiger partial charge on any atom is -0.240 e. The van der Waals surface area contributed by atoms with Crippen molar-refractivity contribution in [3.63, 3.8) is 0 Å². The Labute approximate surface area is 153 Å². The van der Waals surface area contributed by atoms with Crippen molar-refractivity contribution in [2.75, 3.05) is 0 Å². The molecule has 1 aromatic heterocycles. The second kappa shape index (κ2) is 6.90. The molecule has 3 heteroatoms. The smallest absolute Gasteiger partial charge is 0.115 e. The van der Waals surface area contributed by atoms with Crippen LogP contribution >= 0.6 is 11.8 Å². The molecule has 0 N–H and O–H groups in total. The highest BCUT2D eigenvalue weighted by atomic mass is 32.2.